The standard InChI is InChI=1S/C14H33N3/c1-6-9-14(8-3,13-15)17(10-7-2)12-11-16(4)5/h6-13,15H2,1-5H3. The molecule has 0 saturated heterocycles. The van der Waals surface area contributed by atoms with Crippen LogP contribution in [0.15, 0.2) is 0 Å². The van der Waals surface area contributed by atoms with E-state index < -0.39 is 0 Å². The Bertz CT molecular complexity index is 176. The van der Waals surface area contributed by atoms with E-state index in [-0.39, 0.29) is 5.54 Å². The first kappa shape index (κ1) is 16.9. The third-order valence-corrected chi connectivity index (χ3v) is 3.73. The summed E-state index contributed by atoms with van der Waals surface area (Å²) in [5, 5.41) is 0. The molecule has 0 heterocycles. The fourth-order valence-electron chi connectivity index (χ4n) is 2.58. The minimum Gasteiger partial charge on any atom is -0.329 e. The maximum atomic E-state index is 6.09. The lowest BCUT2D eigenvalue weighted by molar-refractivity contribution is 0.0723. The van der Waals surface area contributed by atoms with E-state index in [1.807, 2.05) is 0 Å². The van der Waals surface area contributed by atoms with Gasteiger partial charge in [-0.25, -0.2) is 0 Å². The lowest BCUT2D eigenvalue weighted by atomic mass is 9.88. The summed E-state index contributed by atoms with van der Waals surface area (Å²) in [6, 6.07) is 0. The molecule has 0 aromatic heterocycles. The van der Waals surface area contributed by atoms with Gasteiger partial charge in [-0.15, -0.1) is 0 Å². The first-order valence-electron chi connectivity index (χ1n) is 7.16. The topological polar surface area (TPSA) is 32.5 Å². The van der Waals surface area contributed by atoms with Crippen LogP contribution in [0.25, 0.3) is 0 Å². The molecule has 1 unspecified atom stereocenters. The second kappa shape index (κ2) is 8.90. The van der Waals surface area contributed by atoms with Crippen LogP contribution in [-0.2, 0) is 0 Å². The average Bonchev–Trinajstić information content (AvgIpc) is 2.31. The zero-order chi connectivity index (χ0) is 13.3. The molecule has 1 atom stereocenters. The van der Waals surface area contributed by atoms with Crippen molar-refractivity contribution in [3.63, 3.8) is 0 Å². The Labute approximate surface area is 108 Å². The second-order valence-corrected chi connectivity index (χ2v) is 5.32. The molecule has 0 spiro atoms. The van der Waals surface area contributed by atoms with Gasteiger partial charge in [0, 0.05) is 25.2 Å². The zero-order valence-electron chi connectivity index (χ0n) is 12.6. The average molecular weight is 243 g/mol. The lowest BCUT2D eigenvalue weighted by Gasteiger charge is -2.43. The molecule has 3 nitrogen and oxygen atoms in total. The van der Waals surface area contributed by atoms with E-state index in [1.165, 1.54) is 25.8 Å². The van der Waals surface area contributed by atoms with E-state index in [0.29, 0.717) is 0 Å². The van der Waals surface area contributed by atoms with Gasteiger partial charge >= 0.3 is 0 Å². The summed E-state index contributed by atoms with van der Waals surface area (Å²) in [6.07, 6.45) is 4.80. The molecule has 0 bridgehead atoms. The first-order chi connectivity index (χ1) is 8.06. The normalized spacial score (nSPS) is 15.5. The molecule has 104 valence electrons. The van der Waals surface area contributed by atoms with E-state index in [4.69, 9.17) is 5.73 Å². The minimum absolute atomic E-state index is 0.223. The van der Waals surface area contributed by atoms with Crippen LogP contribution >= 0.6 is 0 Å². The number of nitrogens with two attached hydrogens (primary N) is 1. The van der Waals surface area contributed by atoms with Gasteiger partial charge in [0.25, 0.3) is 0 Å². The molecule has 0 saturated carbocycles. The van der Waals surface area contributed by atoms with Crippen molar-refractivity contribution in [3.05, 3.63) is 0 Å². The highest BCUT2D eigenvalue weighted by atomic mass is 15.2. The van der Waals surface area contributed by atoms with Crippen LogP contribution in [0, 0.1) is 0 Å². The van der Waals surface area contributed by atoms with Gasteiger partial charge in [-0.2, -0.15) is 0 Å². The van der Waals surface area contributed by atoms with Crippen molar-refractivity contribution in [2.75, 3.05) is 40.3 Å². The smallest absolute Gasteiger partial charge is 0.0329 e. The second-order valence-electron chi connectivity index (χ2n) is 5.32. The number of hydrogen-bond acceptors (Lipinski definition) is 3. The van der Waals surface area contributed by atoms with Crippen molar-refractivity contribution in [1.82, 2.24) is 9.80 Å². The number of rotatable bonds is 10. The third kappa shape index (κ3) is 5.36. The van der Waals surface area contributed by atoms with E-state index in [9.17, 15) is 0 Å². The Morgan fingerprint density at radius 3 is 1.94 bits per heavy atom. The molecule has 0 fully saturated rings. The summed E-state index contributed by atoms with van der Waals surface area (Å²) in [6.45, 7) is 11.0. The summed E-state index contributed by atoms with van der Waals surface area (Å²) < 4.78 is 0. The summed E-state index contributed by atoms with van der Waals surface area (Å²) >= 11 is 0. The Morgan fingerprint density at radius 2 is 1.59 bits per heavy atom. The Balaban J connectivity index is 4.68. The van der Waals surface area contributed by atoms with E-state index in [0.717, 1.165) is 26.1 Å². The van der Waals surface area contributed by atoms with Gasteiger partial charge in [-0.3, -0.25) is 4.90 Å². The highest BCUT2D eigenvalue weighted by Crippen LogP contribution is 2.24. The fourth-order valence-corrected chi connectivity index (χ4v) is 2.58. The Morgan fingerprint density at radius 1 is 0.941 bits per heavy atom. The van der Waals surface area contributed by atoms with Crippen molar-refractivity contribution < 1.29 is 0 Å². The van der Waals surface area contributed by atoms with Crippen LogP contribution in [0.2, 0.25) is 0 Å². The van der Waals surface area contributed by atoms with Crippen molar-refractivity contribution in [2.24, 2.45) is 5.73 Å². The van der Waals surface area contributed by atoms with Crippen LogP contribution < -0.4 is 5.73 Å². The molecular formula is C14H33N3. The van der Waals surface area contributed by atoms with E-state index >= 15 is 0 Å². The maximum Gasteiger partial charge on any atom is 0.0329 e. The van der Waals surface area contributed by atoms with Crippen molar-refractivity contribution in [2.45, 2.75) is 52.0 Å². The predicted molar refractivity (Wildman–Crippen MR) is 77.4 cm³/mol. The van der Waals surface area contributed by atoms with Crippen molar-refractivity contribution >= 4 is 0 Å². The molecule has 17 heavy (non-hydrogen) atoms. The molecule has 0 aliphatic rings. The van der Waals surface area contributed by atoms with Gasteiger partial charge in [0.05, 0.1) is 0 Å². The molecule has 0 aromatic carbocycles. The van der Waals surface area contributed by atoms with Gasteiger partial charge < -0.3 is 10.6 Å². The monoisotopic (exact) mass is 243 g/mol. The Hall–Kier alpha value is -0.120. The van der Waals surface area contributed by atoms with Crippen LogP contribution in [0.4, 0.5) is 0 Å². The van der Waals surface area contributed by atoms with Gasteiger partial charge in [0.15, 0.2) is 0 Å². The van der Waals surface area contributed by atoms with Crippen LogP contribution in [0.5, 0.6) is 0 Å². The molecular weight excluding hydrogens is 210 g/mol. The SMILES string of the molecule is CCCN(CCN(C)C)C(CC)(CN)CCC. The van der Waals surface area contributed by atoms with Gasteiger partial charge in [-0.05, 0) is 39.9 Å². The molecule has 0 aliphatic carbocycles. The lowest BCUT2D eigenvalue weighted by Crippen LogP contribution is -2.55. The highest BCUT2D eigenvalue weighted by molar-refractivity contribution is 4.90. The van der Waals surface area contributed by atoms with Crippen LogP contribution in [0.1, 0.15) is 46.5 Å². The van der Waals surface area contributed by atoms with Gasteiger partial charge in [-0.1, -0.05) is 27.2 Å². The molecule has 0 aliphatic heterocycles. The molecule has 2 N–H and O–H groups in total. The van der Waals surface area contributed by atoms with E-state index in [2.05, 4.69) is 44.7 Å². The summed E-state index contributed by atoms with van der Waals surface area (Å²) in [5.41, 5.74) is 6.31. The number of nitrogens with zero attached hydrogens (tertiary/aromatic N) is 2. The third-order valence-electron chi connectivity index (χ3n) is 3.73. The quantitative estimate of drug-likeness (QED) is 0.638. The van der Waals surface area contributed by atoms with Gasteiger partial charge in [0.1, 0.15) is 0 Å². The highest BCUT2D eigenvalue weighted by Gasteiger charge is 2.31. The Kier molecular flexibility index (Phi) is 8.83. The molecule has 0 radical (unpaired) electrons. The van der Waals surface area contributed by atoms with Crippen molar-refractivity contribution in [3.8, 4) is 0 Å². The van der Waals surface area contributed by atoms with E-state index in [1.54, 1.807) is 0 Å². The maximum absolute atomic E-state index is 6.09. The summed E-state index contributed by atoms with van der Waals surface area (Å²) in [5.74, 6) is 0. The van der Waals surface area contributed by atoms with Crippen LogP contribution in [-0.4, -0.2) is 55.6 Å². The largest absolute Gasteiger partial charge is 0.329 e. The first-order valence-corrected chi connectivity index (χ1v) is 7.16. The summed E-state index contributed by atoms with van der Waals surface area (Å²) in [4.78, 5) is 4.88. The summed E-state index contributed by atoms with van der Waals surface area (Å²) in [7, 11) is 4.28. The zero-order valence-corrected chi connectivity index (χ0v) is 12.6. The molecule has 0 rings (SSSR count). The molecule has 3 heteroatoms. The minimum atomic E-state index is 0.223. The number of hydrogen-bond donors (Lipinski definition) is 1. The molecule has 0 amide bonds. The van der Waals surface area contributed by atoms with Crippen LogP contribution in [0.3, 0.4) is 0 Å². The van der Waals surface area contributed by atoms with Gasteiger partial charge in [0.2, 0.25) is 0 Å². The number of likely N-dealkylation sites (N-methyl/N-ethyl adjacent to an activating group) is 1. The molecule has 0 aromatic rings. The fraction of sp³-hybridized carbons (Fsp3) is 1.00. The predicted octanol–water partition coefficient (Wildman–Crippen LogP) is 2.17. The van der Waals surface area contributed by atoms with Crippen molar-refractivity contribution in [1.29, 1.82) is 0 Å².